The van der Waals surface area contributed by atoms with E-state index in [-0.39, 0.29) is 5.56 Å². The van der Waals surface area contributed by atoms with Crippen LogP contribution in [0.4, 0.5) is 8.78 Å². The SMILES string of the molecule is Cc1ccc(F)c(C(O)C2(O)CCCC2)c1F. The second-order valence-corrected chi connectivity index (χ2v) is 4.81. The second-order valence-electron chi connectivity index (χ2n) is 4.81. The third kappa shape index (κ3) is 2.07. The fourth-order valence-electron chi connectivity index (χ4n) is 2.46. The number of aliphatic hydroxyl groups is 2. The minimum absolute atomic E-state index is 0.266. The Morgan fingerprint density at radius 3 is 2.41 bits per heavy atom. The van der Waals surface area contributed by atoms with E-state index in [1.54, 1.807) is 0 Å². The summed E-state index contributed by atoms with van der Waals surface area (Å²) in [6, 6.07) is 2.44. The highest BCUT2D eigenvalue weighted by Gasteiger charge is 2.41. The van der Waals surface area contributed by atoms with Crippen molar-refractivity contribution in [3.05, 3.63) is 34.9 Å². The van der Waals surface area contributed by atoms with Crippen LogP contribution in [-0.4, -0.2) is 15.8 Å². The summed E-state index contributed by atoms with van der Waals surface area (Å²) in [5.74, 6) is -1.57. The lowest BCUT2D eigenvalue weighted by Gasteiger charge is -2.29. The predicted molar refractivity (Wildman–Crippen MR) is 59.5 cm³/mol. The molecule has 4 heteroatoms. The Morgan fingerprint density at radius 2 is 1.82 bits per heavy atom. The smallest absolute Gasteiger partial charge is 0.134 e. The first-order valence-corrected chi connectivity index (χ1v) is 5.80. The van der Waals surface area contributed by atoms with Gasteiger partial charge in [-0.2, -0.15) is 0 Å². The van der Waals surface area contributed by atoms with Crippen LogP contribution in [0.3, 0.4) is 0 Å². The fraction of sp³-hybridized carbons (Fsp3) is 0.538. The molecule has 1 atom stereocenters. The number of halogens is 2. The van der Waals surface area contributed by atoms with E-state index in [4.69, 9.17) is 0 Å². The summed E-state index contributed by atoms with van der Waals surface area (Å²) in [5.41, 5.74) is -1.54. The van der Waals surface area contributed by atoms with E-state index in [0.717, 1.165) is 18.9 Å². The molecule has 0 saturated heterocycles. The number of rotatable bonds is 2. The lowest BCUT2D eigenvalue weighted by Crippen LogP contribution is -2.34. The largest absolute Gasteiger partial charge is 0.387 e. The predicted octanol–water partition coefficient (Wildman–Crippen LogP) is 2.61. The fourth-order valence-corrected chi connectivity index (χ4v) is 2.46. The van der Waals surface area contributed by atoms with Crippen LogP contribution >= 0.6 is 0 Å². The van der Waals surface area contributed by atoms with Gasteiger partial charge in [-0.1, -0.05) is 18.9 Å². The van der Waals surface area contributed by atoms with Crippen LogP contribution in [0.1, 0.15) is 42.9 Å². The Kier molecular flexibility index (Phi) is 3.19. The first-order valence-electron chi connectivity index (χ1n) is 5.80. The van der Waals surface area contributed by atoms with Crippen molar-refractivity contribution in [2.75, 3.05) is 0 Å². The molecule has 0 heterocycles. The molecule has 1 saturated carbocycles. The highest BCUT2D eigenvalue weighted by atomic mass is 19.1. The van der Waals surface area contributed by atoms with E-state index < -0.39 is 28.9 Å². The van der Waals surface area contributed by atoms with Crippen molar-refractivity contribution in [1.29, 1.82) is 0 Å². The number of aryl methyl sites for hydroxylation is 1. The van der Waals surface area contributed by atoms with Crippen LogP contribution in [-0.2, 0) is 0 Å². The maximum Gasteiger partial charge on any atom is 0.134 e. The van der Waals surface area contributed by atoms with Crippen molar-refractivity contribution in [3.8, 4) is 0 Å². The van der Waals surface area contributed by atoms with Crippen molar-refractivity contribution in [1.82, 2.24) is 0 Å². The molecule has 1 fully saturated rings. The van der Waals surface area contributed by atoms with Gasteiger partial charge in [0, 0.05) is 0 Å². The van der Waals surface area contributed by atoms with Gasteiger partial charge in [0.15, 0.2) is 0 Å². The second kappa shape index (κ2) is 4.35. The van der Waals surface area contributed by atoms with Gasteiger partial charge in [-0.05, 0) is 31.4 Å². The van der Waals surface area contributed by atoms with E-state index in [2.05, 4.69) is 0 Å². The maximum atomic E-state index is 13.8. The molecule has 1 aromatic carbocycles. The molecule has 0 spiro atoms. The van der Waals surface area contributed by atoms with E-state index >= 15 is 0 Å². The molecule has 2 rings (SSSR count). The molecule has 17 heavy (non-hydrogen) atoms. The lowest BCUT2D eigenvalue weighted by molar-refractivity contribution is -0.0748. The van der Waals surface area contributed by atoms with Gasteiger partial charge in [0.05, 0.1) is 11.2 Å². The molecule has 1 aliphatic rings. The molecule has 1 aliphatic carbocycles. The van der Waals surface area contributed by atoms with Crippen LogP contribution in [0.25, 0.3) is 0 Å². The molecule has 1 unspecified atom stereocenters. The van der Waals surface area contributed by atoms with Crippen LogP contribution in [0.5, 0.6) is 0 Å². The Balaban J connectivity index is 2.43. The highest BCUT2D eigenvalue weighted by Crippen LogP contribution is 2.41. The zero-order chi connectivity index (χ0) is 12.6. The van der Waals surface area contributed by atoms with E-state index in [1.807, 2.05) is 0 Å². The van der Waals surface area contributed by atoms with E-state index in [9.17, 15) is 19.0 Å². The van der Waals surface area contributed by atoms with Crippen LogP contribution in [0.15, 0.2) is 12.1 Å². The number of hydrogen-bond donors (Lipinski definition) is 2. The Hall–Kier alpha value is -1.00. The van der Waals surface area contributed by atoms with Crippen molar-refractivity contribution in [3.63, 3.8) is 0 Å². The van der Waals surface area contributed by atoms with Crippen LogP contribution < -0.4 is 0 Å². The lowest BCUT2D eigenvalue weighted by atomic mass is 9.88. The molecule has 0 amide bonds. The monoisotopic (exact) mass is 242 g/mol. The van der Waals surface area contributed by atoms with Gasteiger partial charge in [-0.3, -0.25) is 0 Å². The summed E-state index contributed by atoms with van der Waals surface area (Å²) >= 11 is 0. The summed E-state index contributed by atoms with van der Waals surface area (Å²) in [6.07, 6.45) is 0.789. The normalized spacial score (nSPS) is 20.5. The standard InChI is InChI=1S/C13H16F2O2/c1-8-4-5-9(14)10(11(8)15)12(16)13(17)6-2-3-7-13/h4-5,12,16-17H,2-3,6-7H2,1H3. The molecule has 1 aromatic rings. The summed E-state index contributed by atoms with van der Waals surface area (Å²) in [6.45, 7) is 1.50. The quantitative estimate of drug-likeness (QED) is 0.837. The molecular formula is C13H16F2O2. The zero-order valence-electron chi connectivity index (χ0n) is 9.71. The molecule has 0 radical (unpaired) electrons. The summed E-state index contributed by atoms with van der Waals surface area (Å²) in [4.78, 5) is 0. The zero-order valence-corrected chi connectivity index (χ0v) is 9.71. The van der Waals surface area contributed by atoms with Crippen molar-refractivity contribution in [2.45, 2.75) is 44.3 Å². The molecule has 94 valence electrons. The Bertz CT molecular complexity index is 426. The van der Waals surface area contributed by atoms with Crippen LogP contribution in [0, 0.1) is 18.6 Å². The molecule has 0 aliphatic heterocycles. The summed E-state index contributed by atoms with van der Waals surface area (Å²) in [7, 11) is 0. The first-order chi connectivity index (χ1) is 7.96. The molecule has 0 bridgehead atoms. The van der Waals surface area contributed by atoms with Crippen molar-refractivity contribution in [2.24, 2.45) is 0 Å². The highest BCUT2D eigenvalue weighted by molar-refractivity contribution is 5.30. The molecule has 2 nitrogen and oxygen atoms in total. The number of hydrogen-bond acceptors (Lipinski definition) is 2. The van der Waals surface area contributed by atoms with Gasteiger partial charge >= 0.3 is 0 Å². The number of aliphatic hydroxyl groups excluding tert-OH is 1. The Morgan fingerprint density at radius 1 is 1.24 bits per heavy atom. The third-order valence-corrected chi connectivity index (χ3v) is 3.57. The molecule has 0 aromatic heterocycles. The average molecular weight is 242 g/mol. The maximum absolute atomic E-state index is 13.8. The third-order valence-electron chi connectivity index (χ3n) is 3.57. The van der Waals surface area contributed by atoms with Gasteiger partial charge in [-0.25, -0.2) is 8.78 Å². The van der Waals surface area contributed by atoms with Crippen molar-refractivity contribution >= 4 is 0 Å². The average Bonchev–Trinajstić information content (AvgIpc) is 2.72. The number of benzene rings is 1. The van der Waals surface area contributed by atoms with Crippen molar-refractivity contribution < 1.29 is 19.0 Å². The first kappa shape index (κ1) is 12.5. The van der Waals surface area contributed by atoms with Gasteiger partial charge in [0.2, 0.25) is 0 Å². The Labute approximate surface area is 98.9 Å². The topological polar surface area (TPSA) is 40.5 Å². The van der Waals surface area contributed by atoms with Gasteiger partial charge < -0.3 is 10.2 Å². The minimum Gasteiger partial charge on any atom is -0.387 e. The summed E-state index contributed by atoms with van der Waals surface area (Å²) < 4.78 is 27.4. The van der Waals surface area contributed by atoms with Gasteiger partial charge in [0.1, 0.15) is 17.7 Å². The molecule has 2 N–H and O–H groups in total. The van der Waals surface area contributed by atoms with E-state index in [1.165, 1.54) is 13.0 Å². The van der Waals surface area contributed by atoms with Gasteiger partial charge in [0.25, 0.3) is 0 Å². The van der Waals surface area contributed by atoms with E-state index in [0.29, 0.717) is 12.8 Å². The van der Waals surface area contributed by atoms with Gasteiger partial charge in [-0.15, -0.1) is 0 Å². The van der Waals surface area contributed by atoms with Crippen LogP contribution in [0.2, 0.25) is 0 Å². The summed E-state index contributed by atoms with van der Waals surface area (Å²) in [5, 5.41) is 20.2. The molecular weight excluding hydrogens is 226 g/mol. The minimum atomic E-state index is -1.50.